The van der Waals surface area contributed by atoms with E-state index in [0.29, 0.717) is 49.8 Å². The minimum Gasteiger partial charge on any atom is -0.353 e. The van der Waals surface area contributed by atoms with Crippen LogP contribution in [0.25, 0.3) is 11.4 Å². The first-order valence-corrected chi connectivity index (χ1v) is 12.0. The Morgan fingerprint density at radius 1 is 1.16 bits per heavy atom. The van der Waals surface area contributed by atoms with Crippen LogP contribution in [0.3, 0.4) is 0 Å². The zero-order valence-electron chi connectivity index (χ0n) is 17.1. The number of hydrogen-bond acceptors (Lipinski definition) is 6. The van der Waals surface area contributed by atoms with Crippen LogP contribution in [0.15, 0.2) is 12.1 Å². The van der Waals surface area contributed by atoms with E-state index in [4.69, 9.17) is 11.6 Å². The van der Waals surface area contributed by atoms with E-state index in [0.717, 1.165) is 12.1 Å². The molecule has 13 heteroatoms. The van der Waals surface area contributed by atoms with Gasteiger partial charge in [0.15, 0.2) is 5.82 Å². The summed E-state index contributed by atoms with van der Waals surface area (Å²) in [5.41, 5.74) is 0.834. The van der Waals surface area contributed by atoms with Crippen LogP contribution in [0.4, 0.5) is 19.4 Å². The molecule has 2 amide bonds. The molecule has 8 nitrogen and oxygen atoms in total. The van der Waals surface area contributed by atoms with Crippen molar-refractivity contribution in [2.75, 3.05) is 37.6 Å². The van der Waals surface area contributed by atoms with Gasteiger partial charge in [0.1, 0.15) is 17.5 Å². The third-order valence-electron chi connectivity index (χ3n) is 5.26. The van der Waals surface area contributed by atoms with Crippen LogP contribution in [0.5, 0.6) is 0 Å². The molecular weight excluding hydrogens is 487 g/mol. The molecule has 3 N–H and O–H groups in total. The largest absolute Gasteiger partial charge is 0.353 e. The van der Waals surface area contributed by atoms with Crippen LogP contribution in [-0.4, -0.2) is 62.7 Å². The fourth-order valence-electron chi connectivity index (χ4n) is 3.75. The molecule has 2 aliphatic heterocycles. The standard InChI is InChI=1S/C19H22ClF2N5O3S.ClH/c1-2-23-19(28)27-5-3-26(4-6-27)18-12-9-31(29,30)10-16(12)24-17(25-18)11-7-15(22)13(20)8-14(11)21;/h7-8,29-30H,2-6,9-10H2,1H3,(H,23,28);1H. The number of nitrogens with zero attached hydrogens (tertiary/aromatic N) is 4. The van der Waals surface area contributed by atoms with Gasteiger partial charge in [0.2, 0.25) is 0 Å². The third-order valence-corrected chi connectivity index (χ3v) is 7.04. The molecule has 1 saturated heterocycles. The van der Waals surface area contributed by atoms with Crippen molar-refractivity contribution in [3.63, 3.8) is 0 Å². The lowest BCUT2D eigenvalue weighted by atomic mass is 10.1. The quantitative estimate of drug-likeness (QED) is 0.538. The third kappa shape index (κ3) is 4.86. The summed E-state index contributed by atoms with van der Waals surface area (Å²) in [6.45, 7) is 4.17. The molecule has 0 saturated carbocycles. The van der Waals surface area contributed by atoms with E-state index in [2.05, 4.69) is 15.3 Å². The molecule has 1 aromatic carbocycles. The molecule has 2 aliphatic rings. The maximum absolute atomic E-state index is 14.5. The van der Waals surface area contributed by atoms with E-state index >= 15 is 0 Å². The van der Waals surface area contributed by atoms with E-state index in [1.807, 2.05) is 11.8 Å². The first-order chi connectivity index (χ1) is 14.7. The second-order valence-corrected chi connectivity index (χ2v) is 10.0. The summed E-state index contributed by atoms with van der Waals surface area (Å²) in [5.74, 6) is -1.24. The van der Waals surface area contributed by atoms with Crippen molar-refractivity contribution in [3.05, 3.63) is 40.0 Å². The minimum absolute atomic E-state index is 0. The van der Waals surface area contributed by atoms with Crippen molar-refractivity contribution in [1.29, 1.82) is 0 Å². The Balaban J connectivity index is 0.00000289. The van der Waals surface area contributed by atoms with Crippen LogP contribution < -0.4 is 10.2 Å². The number of halogens is 4. The van der Waals surface area contributed by atoms with Gasteiger partial charge in [-0.05, 0) is 19.1 Å². The van der Waals surface area contributed by atoms with E-state index in [-0.39, 0.29) is 46.4 Å². The fraction of sp³-hybridized carbons (Fsp3) is 0.421. The monoisotopic (exact) mass is 509 g/mol. The number of hydrogen-bond donors (Lipinski definition) is 3. The van der Waals surface area contributed by atoms with E-state index in [1.54, 1.807) is 4.90 Å². The summed E-state index contributed by atoms with van der Waals surface area (Å²) in [6, 6.07) is 1.65. The zero-order chi connectivity index (χ0) is 22.3. The first kappa shape index (κ1) is 24.7. The molecule has 2 aromatic rings. The number of carbonyl (C=O) groups is 1. The lowest BCUT2D eigenvalue weighted by Gasteiger charge is -2.36. The number of piperazine rings is 1. The molecule has 0 unspecified atom stereocenters. The molecule has 0 aliphatic carbocycles. The van der Waals surface area contributed by atoms with Crippen LogP contribution >= 0.6 is 34.6 Å². The summed E-state index contributed by atoms with van der Waals surface area (Å²) in [4.78, 5) is 24.5. The Bertz CT molecular complexity index is 1040. The molecule has 0 radical (unpaired) electrons. The number of fused-ring (bicyclic) bond motifs is 1. The number of carbonyl (C=O) groups excluding carboxylic acids is 1. The van der Waals surface area contributed by atoms with Crippen LogP contribution in [0, 0.1) is 11.6 Å². The Morgan fingerprint density at radius 2 is 1.84 bits per heavy atom. The number of benzene rings is 1. The highest BCUT2D eigenvalue weighted by molar-refractivity contribution is 8.23. The number of aromatic nitrogens is 2. The molecule has 0 bridgehead atoms. The normalized spacial score (nSPS) is 18.1. The van der Waals surface area contributed by atoms with Gasteiger partial charge < -0.3 is 15.1 Å². The van der Waals surface area contributed by atoms with Crippen molar-refractivity contribution in [1.82, 2.24) is 20.2 Å². The fourth-order valence-corrected chi connectivity index (χ4v) is 5.43. The van der Waals surface area contributed by atoms with Crippen molar-refractivity contribution in [3.8, 4) is 11.4 Å². The van der Waals surface area contributed by atoms with Gasteiger partial charge in [0, 0.05) is 38.3 Å². The SMILES string of the molecule is CCNC(=O)N1CCN(c2nc(-c3cc(F)c(Cl)cc3F)nc3c2CS(O)(O)C3)CC1.Cl. The molecule has 0 atom stereocenters. The highest BCUT2D eigenvalue weighted by atomic mass is 35.5. The zero-order valence-corrected chi connectivity index (χ0v) is 19.5. The summed E-state index contributed by atoms with van der Waals surface area (Å²) >= 11 is 5.66. The molecule has 4 rings (SSSR count). The van der Waals surface area contributed by atoms with E-state index < -0.39 is 22.2 Å². The summed E-state index contributed by atoms with van der Waals surface area (Å²) in [7, 11) is -2.91. The molecule has 0 spiro atoms. The predicted octanol–water partition coefficient (Wildman–Crippen LogP) is 4.11. The second kappa shape index (κ2) is 9.52. The second-order valence-electron chi connectivity index (χ2n) is 7.44. The highest BCUT2D eigenvalue weighted by Gasteiger charge is 2.34. The Morgan fingerprint density at radius 3 is 2.50 bits per heavy atom. The lowest BCUT2D eigenvalue weighted by Crippen LogP contribution is -2.52. The number of rotatable bonds is 3. The molecule has 1 fully saturated rings. The number of amides is 2. The molecule has 32 heavy (non-hydrogen) atoms. The van der Waals surface area contributed by atoms with Crippen LogP contribution in [-0.2, 0) is 11.5 Å². The van der Waals surface area contributed by atoms with Crippen LogP contribution in [0.2, 0.25) is 5.02 Å². The molecule has 1 aromatic heterocycles. The summed E-state index contributed by atoms with van der Waals surface area (Å²) in [6.07, 6.45) is 0. The van der Waals surface area contributed by atoms with Crippen molar-refractivity contribution < 1.29 is 22.7 Å². The van der Waals surface area contributed by atoms with Gasteiger partial charge in [-0.25, -0.2) is 23.5 Å². The minimum atomic E-state index is -2.91. The lowest BCUT2D eigenvalue weighted by molar-refractivity contribution is 0.195. The maximum atomic E-state index is 14.5. The molecule has 176 valence electrons. The molecule has 3 heterocycles. The van der Waals surface area contributed by atoms with Gasteiger partial charge in [-0.2, -0.15) is 10.6 Å². The first-order valence-electron chi connectivity index (χ1n) is 9.74. The van der Waals surface area contributed by atoms with Gasteiger partial charge in [-0.3, -0.25) is 9.11 Å². The summed E-state index contributed by atoms with van der Waals surface area (Å²) < 4.78 is 49.0. The topological polar surface area (TPSA) is 102 Å². The van der Waals surface area contributed by atoms with E-state index in [1.165, 1.54) is 0 Å². The number of urea groups is 1. The van der Waals surface area contributed by atoms with Gasteiger partial charge in [-0.15, -0.1) is 12.4 Å². The Kier molecular flexibility index (Phi) is 7.35. The smallest absolute Gasteiger partial charge is 0.317 e. The van der Waals surface area contributed by atoms with Crippen molar-refractivity contribution >= 4 is 46.4 Å². The van der Waals surface area contributed by atoms with Crippen molar-refractivity contribution in [2.45, 2.75) is 18.4 Å². The Hall–Kier alpha value is -1.92. The highest BCUT2D eigenvalue weighted by Crippen LogP contribution is 2.54. The summed E-state index contributed by atoms with van der Waals surface area (Å²) in [5, 5.41) is 2.41. The Labute approximate surface area is 196 Å². The average molecular weight is 510 g/mol. The van der Waals surface area contributed by atoms with Crippen molar-refractivity contribution in [2.24, 2.45) is 0 Å². The number of anilines is 1. The van der Waals surface area contributed by atoms with Gasteiger partial charge in [0.05, 0.1) is 27.8 Å². The van der Waals surface area contributed by atoms with E-state index in [9.17, 15) is 22.7 Å². The van der Waals surface area contributed by atoms with Gasteiger partial charge in [0.25, 0.3) is 0 Å². The van der Waals surface area contributed by atoms with Gasteiger partial charge >= 0.3 is 6.03 Å². The van der Waals surface area contributed by atoms with Crippen LogP contribution in [0.1, 0.15) is 18.2 Å². The predicted molar refractivity (Wildman–Crippen MR) is 123 cm³/mol. The maximum Gasteiger partial charge on any atom is 0.317 e. The number of nitrogens with one attached hydrogen (secondary N) is 1. The van der Waals surface area contributed by atoms with Gasteiger partial charge in [-0.1, -0.05) is 11.6 Å². The average Bonchev–Trinajstić information content (AvgIpc) is 3.04. The molecular formula is C19H23Cl2F2N5O3S.